The predicted molar refractivity (Wildman–Crippen MR) is 116 cm³/mol. The first kappa shape index (κ1) is 18.7. The molecular formula is C24H17N3OS. The monoisotopic (exact) mass is 395 g/mol. The van der Waals surface area contributed by atoms with Gasteiger partial charge in [-0.3, -0.25) is 9.78 Å². The number of rotatable bonds is 4. The number of nitriles is 1. The number of pyridine rings is 1. The second-order valence-electron chi connectivity index (χ2n) is 6.49. The van der Waals surface area contributed by atoms with Gasteiger partial charge in [-0.05, 0) is 55.0 Å². The summed E-state index contributed by atoms with van der Waals surface area (Å²) in [5.41, 5.74) is 3.80. The Bertz CT molecular complexity index is 1260. The first-order valence-electron chi connectivity index (χ1n) is 9.09. The fraction of sp³-hybridized carbons (Fsp3) is 0.0417. The second-order valence-corrected chi connectivity index (χ2v) is 7.57. The smallest absolute Gasteiger partial charge is 0.256 e. The molecule has 4 aromatic rings. The van der Waals surface area contributed by atoms with Crippen LogP contribution in [0.2, 0.25) is 0 Å². The Morgan fingerprint density at radius 3 is 2.55 bits per heavy atom. The van der Waals surface area contributed by atoms with Crippen molar-refractivity contribution in [1.82, 2.24) is 4.98 Å². The van der Waals surface area contributed by atoms with E-state index in [9.17, 15) is 10.1 Å². The quantitative estimate of drug-likeness (QED) is 0.473. The van der Waals surface area contributed by atoms with Gasteiger partial charge in [-0.15, -0.1) is 0 Å². The minimum absolute atomic E-state index is 0.198. The van der Waals surface area contributed by atoms with Gasteiger partial charge in [0.25, 0.3) is 5.91 Å². The second kappa shape index (κ2) is 8.17. The zero-order chi connectivity index (χ0) is 20.2. The Balaban J connectivity index is 1.68. The van der Waals surface area contributed by atoms with Crippen LogP contribution in [0.3, 0.4) is 0 Å². The van der Waals surface area contributed by atoms with E-state index in [0.717, 1.165) is 31.9 Å². The molecule has 5 heteroatoms. The summed E-state index contributed by atoms with van der Waals surface area (Å²) < 4.78 is 0. The highest BCUT2D eigenvalue weighted by Crippen LogP contribution is 2.33. The van der Waals surface area contributed by atoms with Crippen LogP contribution in [0.4, 0.5) is 5.69 Å². The zero-order valence-corrected chi connectivity index (χ0v) is 16.5. The lowest BCUT2D eigenvalue weighted by Crippen LogP contribution is -2.13. The summed E-state index contributed by atoms with van der Waals surface area (Å²) >= 11 is 1.41. The van der Waals surface area contributed by atoms with Crippen molar-refractivity contribution in [1.29, 1.82) is 5.26 Å². The summed E-state index contributed by atoms with van der Waals surface area (Å²) in [6, 6.07) is 24.7. The molecule has 0 bridgehead atoms. The number of carbonyl (C=O) groups is 1. The number of hydrogen-bond acceptors (Lipinski definition) is 4. The fourth-order valence-electron chi connectivity index (χ4n) is 3.12. The molecule has 0 saturated heterocycles. The average Bonchev–Trinajstić information content (AvgIpc) is 2.76. The van der Waals surface area contributed by atoms with E-state index in [1.165, 1.54) is 11.8 Å². The van der Waals surface area contributed by atoms with Gasteiger partial charge in [0.2, 0.25) is 0 Å². The number of hydrogen-bond donors (Lipinski definition) is 1. The van der Waals surface area contributed by atoms with Crippen molar-refractivity contribution >= 4 is 34.3 Å². The van der Waals surface area contributed by atoms with Gasteiger partial charge in [-0.25, -0.2) is 0 Å². The lowest BCUT2D eigenvalue weighted by molar-refractivity contribution is 0.102. The van der Waals surface area contributed by atoms with E-state index in [1.807, 2.05) is 67.6 Å². The molecule has 1 aromatic heterocycles. The third kappa shape index (κ3) is 3.84. The van der Waals surface area contributed by atoms with Gasteiger partial charge in [0, 0.05) is 21.4 Å². The first-order chi connectivity index (χ1) is 14.2. The summed E-state index contributed by atoms with van der Waals surface area (Å²) in [5.74, 6) is -0.198. The number of carbonyl (C=O) groups excluding carboxylic acids is 1. The normalized spacial score (nSPS) is 10.5. The van der Waals surface area contributed by atoms with Crippen LogP contribution in [-0.2, 0) is 0 Å². The van der Waals surface area contributed by atoms with Crippen molar-refractivity contribution in [3.8, 4) is 6.07 Å². The van der Waals surface area contributed by atoms with Gasteiger partial charge in [0.1, 0.15) is 6.07 Å². The number of aromatic nitrogens is 1. The maximum Gasteiger partial charge on any atom is 0.256 e. The van der Waals surface area contributed by atoms with E-state index in [-0.39, 0.29) is 5.91 Å². The Labute approximate surface area is 173 Å². The van der Waals surface area contributed by atoms with E-state index in [2.05, 4.69) is 16.4 Å². The number of aryl methyl sites for hydroxylation is 1. The Kier molecular flexibility index (Phi) is 5.28. The van der Waals surface area contributed by atoms with Gasteiger partial charge in [0.05, 0.1) is 22.3 Å². The largest absolute Gasteiger partial charge is 0.321 e. The highest BCUT2D eigenvalue weighted by Gasteiger charge is 2.15. The molecule has 29 heavy (non-hydrogen) atoms. The molecule has 4 rings (SSSR count). The SMILES string of the molecule is Cc1ccc(NC(=O)c2ccccc2Sc2ccccc2C#N)c2cccnc12. The molecule has 1 heterocycles. The standard InChI is InChI=1S/C24H17N3OS/c1-16-12-13-20(18-9-6-14-26-23(16)18)27-24(28)19-8-3-5-11-22(19)29-21-10-4-2-7-17(21)15-25/h2-14H,1H3,(H,27,28). The van der Waals surface area contributed by atoms with E-state index in [1.54, 1.807) is 18.3 Å². The predicted octanol–water partition coefficient (Wildman–Crippen LogP) is 5.82. The third-order valence-electron chi connectivity index (χ3n) is 4.58. The van der Waals surface area contributed by atoms with Gasteiger partial charge >= 0.3 is 0 Å². The lowest BCUT2D eigenvalue weighted by Gasteiger charge is -2.13. The van der Waals surface area contributed by atoms with Gasteiger partial charge < -0.3 is 5.32 Å². The molecule has 140 valence electrons. The molecule has 0 atom stereocenters. The molecule has 4 nitrogen and oxygen atoms in total. The van der Waals surface area contributed by atoms with Gasteiger partial charge in [-0.1, -0.05) is 42.1 Å². The zero-order valence-electron chi connectivity index (χ0n) is 15.7. The van der Waals surface area contributed by atoms with Crippen LogP contribution in [0, 0.1) is 18.3 Å². The Hall–Kier alpha value is -3.62. The van der Waals surface area contributed by atoms with Crippen molar-refractivity contribution < 1.29 is 4.79 Å². The van der Waals surface area contributed by atoms with Crippen LogP contribution in [0.15, 0.2) is 88.8 Å². The topological polar surface area (TPSA) is 65.8 Å². The molecule has 1 amide bonds. The molecule has 0 fully saturated rings. The van der Waals surface area contributed by atoms with Crippen molar-refractivity contribution in [3.63, 3.8) is 0 Å². The number of fused-ring (bicyclic) bond motifs is 1. The minimum atomic E-state index is -0.198. The van der Waals surface area contributed by atoms with Crippen LogP contribution in [0.1, 0.15) is 21.5 Å². The molecule has 0 radical (unpaired) electrons. The van der Waals surface area contributed by atoms with Crippen molar-refractivity contribution in [2.45, 2.75) is 16.7 Å². The number of benzene rings is 3. The van der Waals surface area contributed by atoms with Crippen LogP contribution < -0.4 is 5.32 Å². The summed E-state index contributed by atoms with van der Waals surface area (Å²) in [5, 5.41) is 13.3. The summed E-state index contributed by atoms with van der Waals surface area (Å²) in [7, 11) is 0. The summed E-state index contributed by atoms with van der Waals surface area (Å²) in [6.07, 6.45) is 1.75. The maximum absolute atomic E-state index is 13.1. The van der Waals surface area contributed by atoms with Crippen LogP contribution in [-0.4, -0.2) is 10.9 Å². The van der Waals surface area contributed by atoms with Crippen molar-refractivity contribution in [3.05, 3.63) is 95.7 Å². The molecule has 0 aliphatic rings. The lowest BCUT2D eigenvalue weighted by atomic mass is 10.1. The number of nitrogens with one attached hydrogen (secondary N) is 1. The van der Waals surface area contributed by atoms with Crippen LogP contribution >= 0.6 is 11.8 Å². The van der Waals surface area contributed by atoms with E-state index in [0.29, 0.717) is 11.1 Å². The third-order valence-corrected chi connectivity index (χ3v) is 5.73. The van der Waals surface area contributed by atoms with Gasteiger partial charge in [0.15, 0.2) is 0 Å². The van der Waals surface area contributed by atoms with E-state index >= 15 is 0 Å². The molecule has 3 aromatic carbocycles. The van der Waals surface area contributed by atoms with Crippen molar-refractivity contribution in [2.24, 2.45) is 0 Å². The molecular weight excluding hydrogens is 378 g/mol. The molecule has 1 N–H and O–H groups in total. The number of amides is 1. The highest BCUT2D eigenvalue weighted by atomic mass is 32.2. The van der Waals surface area contributed by atoms with Crippen LogP contribution in [0.5, 0.6) is 0 Å². The molecule has 0 aliphatic carbocycles. The van der Waals surface area contributed by atoms with Crippen molar-refractivity contribution in [2.75, 3.05) is 5.32 Å². The maximum atomic E-state index is 13.1. The Morgan fingerprint density at radius 2 is 1.72 bits per heavy atom. The Morgan fingerprint density at radius 1 is 0.966 bits per heavy atom. The van der Waals surface area contributed by atoms with Crippen LogP contribution in [0.25, 0.3) is 10.9 Å². The number of anilines is 1. The highest BCUT2D eigenvalue weighted by molar-refractivity contribution is 7.99. The van der Waals surface area contributed by atoms with Gasteiger partial charge in [-0.2, -0.15) is 5.26 Å². The average molecular weight is 395 g/mol. The molecule has 0 spiro atoms. The van der Waals surface area contributed by atoms with E-state index < -0.39 is 0 Å². The van der Waals surface area contributed by atoms with E-state index in [4.69, 9.17) is 0 Å². The summed E-state index contributed by atoms with van der Waals surface area (Å²) in [6.45, 7) is 2.00. The summed E-state index contributed by atoms with van der Waals surface area (Å²) in [4.78, 5) is 19.1. The minimum Gasteiger partial charge on any atom is -0.321 e. The molecule has 0 aliphatic heterocycles. The number of nitrogens with zero attached hydrogens (tertiary/aromatic N) is 2. The first-order valence-corrected chi connectivity index (χ1v) is 9.91. The molecule has 0 unspecified atom stereocenters. The fourth-order valence-corrected chi connectivity index (χ4v) is 4.15. The molecule has 0 saturated carbocycles.